The van der Waals surface area contributed by atoms with Gasteiger partial charge in [-0.2, -0.15) is 0 Å². The molecule has 2 aromatic carbocycles. The number of barbiturate groups is 1. The fourth-order valence-corrected chi connectivity index (χ4v) is 3.05. The Labute approximate surface area is 175 Å². The first kappa shape index (κ1) is 21.1. The number of rotatable bonds is 6. The Morgan fingerprint density at radius 2 is 1.77 bits per heavy atom. The van der Waals surface area contributed by atoms with Crippen molar-refractivity contribution < 1.29 is 23.9 Å². The average Bonchev–Trinajstić information content (AvgIpc) is 2.71. The maximum absolute atomic E-state index is 13.1. The van der Waals surface area contributed by atoms with E-state index in [0.717, 1.165) is 16.9 Å². The van der Waals surface area contributed by atoms with E-state index in [2.05, 4.69) is 5.32 Å². The number of urea groups is 1. The quantitative estimate of drug-likeness (QED) is 0.582. The summed E-state index contributed by atoms with van der Waals surface area (Å²) >= 11 is 0. The number of carbonyl (C=O) groups excluding carboxylic acids is 3. The summed E-state index contributed by atoms with van der Waals surface area (Å²) in [7, 11) is 1.54. The van der Waals surface area contributed by atoms with E-state index < -0.39 is 17.8 Å². The number of ether oxygens (including phenoxy) is 2. The van der Waals surface area contributed by atoms with E-state index >= 15 is 0 Å². The highest BCUT2D eigenvalue weighted by molar-refractivity contribution is 6.39. The van der Waals surface area contributed by atoms with Crippen LogP contribution in [0, 0.1) is 0 Å². The Hall–Kier alpha value is -3.61. The Morgan fingerprint density at radius 3 is 2.37 bits per heavy atom. The lowest BCUT2D eigenvalue weighted by Gasteiger charge is -2.26. The lowest BCUT2D eigenvalue weighted by atomic mass is 10.1. The zero-order valence-electron chi connectivity index (χ0n) is 17.4. The van der Waals surface area contributed by atoms with E-state index in [9.17, 15) is 14.4 Å². The molecule has 1 aliphatic rings. The Kier molecular flexibility index (Phi) is 6.20. The molecule has 1 aliphatic heterocycles. The topological polar surface area (TPSA) is 84.9 Å². The van der Waals surface area contributed by atoms with E-state index in [4.69, 9.17) is 9.47 Å². The summed E-state index contributed by atoms with van der Waals surface area (Å²) in [5.74, 6) is -0.398. The second kappa shape index (κ2) is 8.82. The zero-order chi connectivity index (χ0) is 21.8. The minimum absolute atomic E-state index is 0.125. The van der Waals surface area contributed by atoms with Crippen LogP contribution in [0.4, 0.5) is 10.5 Å². The van der Waals surface area contributed by atoms with Crippen LogP contribution >= 0.6 is 0 Å². The van der Waals surface area contributed by atoms with Gasteiger partial charge in [0, 0.05) is 11.6 Å². The number of nitrogens with one attached hydrogen (secondary N) is 1. The minimum Gasteiger partial charge on any atom is -0.497 e. The van der Waals surface area contributed by atoms with Crippen LogP contribution in [0.15, 0.2) is 48.0 Å². The molecule has 0 unspecified atom stereocenters. The molecule has 2 aromatic rings. The first-order valence-electron chi connectivity index (χ1n) is 9.69. The molecule has 0 spiro atoms. The van der Waals surface area contributed by atoms with Gasteiger partial charge in [0.2, 0.25) is 0 Å². The van der Waals surface area contributed by atoms with Crippen LogP contribution in [-0.4, -0.2) is 31.1 Å². The average molecular weight is 408 g/mol. The van der Waals surface area contributed by atoms with Gasteiger partial charge in [-0.25, -0.2) is 9.69 Å². The Morgan fingerprint density at radius 1 is 1.07 bits per heavy atom. The third kappa shape index (κ3) is 4.35. The predicted molar refractivity (Wildman–Crippen MR) is 114 cm³/mol. The maximum atomic E-state index is 13.1. The summed E-state index contributed by atoms with van der Waals surface area (Å²) in [5.41, 5.74) is 1.83. The van der Waals surface area contributed by atoms with Crippen LogP contribution in [0.2, 0.25) is 0 Å². The number of hydrogen-bond acceptors (Lipinski definition) is 5. The minimum atomic E-state index is -0.778. The number of hydrogen-bond donors (Lipinski definition) is 1. The molecule has 1 fully saturated rings. The molecule has 1 saturated heterocycles. The van der Waals surface area contributed by atoms with Gasteiger partial charge in [-0.3, -0.25) is 14.9 Å². The molecular formula is C23H24N2O5. The lowest BCUT2D eigenvalue weighted by molar-refractivity contribution is -0.122. The third-order valence-electron chi connectivity index (χ3n) is 4.59. The fraction of sp³-hybridized carbons (Fsp3) is 0.261. The summed E-state index contributed by atoms with van der Waals surface area (Å²) in [6.07, 6.45) is 2.13. The van der Waals surface area contributed by atoms with Crippen LogP contribution in [-0.2, 0) is 16.0 Å². The molecular weight excluding hydrogens is 384 g/mol. The van der Waals surface area contributed by atoms with E-state index in [1.165, 1.54) is 13.2 Å². The number of nitrogens with zero attached hydrogens (tertiary/aromatic N) is 1. The summed E-state index contributed by atoms with van der Waals surface area (Å²) in [5, 5.41) is 2.23. The zero-order valence-corrected chi connectivity index (χ0v) is 17.4. The van der Waals surface area contributed by atoms with Gasteiger partial charge in [0.1, 0.15) is 17.1 Å². The van der Waals surface area contributed by atoms with Crippen molar-refractivity contribution in [3.63, 3.8) is 0 Å². The number of anilines is 1. The number of imide groups is 2. The van der Waals surface area contributed by atoms with Crippen molar-refractivity contribution >= 4 is 29.6 Å². The summed E-state index contributed by atoms with van der Waals surface area (Å²) in [6.45, 7) is 5.75. The van der Waals surface area contributed by atoms with Crippen molar-refractivity contribution in [2.45, 2.75) is 33.3 Å². The van der Waals surface area contributed by atoms with Gasteiger partial charge in [-0.15, -0.1) is 0 Å². The van der Waals surface area contributed by atoms with Gasteiger partial charge in [0.25, 0.3) is 11.8 Å². The first-order chi connectivity index (χ1) is 14.3. The van der Waals surface area contributed by atoms with Crippen LogP contribution in [0.1, 0.15) is 31.9 Å². The van der Waals surface area contributed by atoms with Crippen molar-refractivity contribution in [1.82, 2.24) is 5.32 Å². The van der Waals surface area contributed by atoms with Gasteiger partial charge in [-0.1, -0.05) is 19.1 Å². The molecule has 156 valence electrons. The molecule has 1 heterocycles. The number of amides is 4. The molecule has 0 radical (unpaired) electrons. The normalized spacial score (nSPS) is 15.6. The smallest absolute Gasteiger partial charge is 0.335 e. The lowest BCUT2D eigenvalue weighted by Crippen LogP contribution is -2.54. The van der Waals surface area contributed by atoms with Crippen molar-refractivity contribution in [3.05, 3.63) is 59.2 Å². The SMILES string of the molecule is CCc1ccc(N2C(=O)NC(=O)/C(=C\c3ccc(OC)cc3OC(C)C)C2=O)cc1. The van der Waals surface area contributed by atoms with Crippen molar-refractivity contribution in [2.75, 3.05) is 12.0 Å². The van der Waals surface area contributed by atoms with Gasteiger partial charge in [0.15, 0.2) is 0 Å². The summed E-state index contributed by atoms with van der Waals surface area (Å²) in [6, 6.07) is 11.4. The highest BCUT2D eigenvalue weighted by atomic mass is 16.5. The summed E-state index contributed by atoms with van der Waals surface area (Å²) < 4.78 is 11.0. The molecule has 7 nitrogen and oxygen atoms in total. The second-order valence-corrected chi connectivity index (χ2v) is 7.05. The molecule has 0 aliphatic carbocycles. The first-order valence-corrected chi connectivity index (χ1v) is 9.69. The van der Waals surface area contributed by atoms with Gasteiger partial charge in [0.05, 0.1) is 18.9 Å². The van der Waals surface area contributed by atoms with Gasteiger partial charge >= 0.3 is 6.03 Å². The highest BCUT2D eigenvalue weighted by Crippen LogP contribution is 2.29. The Balaban J connectivity index is 2.02. The van der Waals surface area contributed by atoms with Crippen molar-refractivity contribution in [3.8, 4) is 11.5 Å². The number of benzene rings is 2. The van der Waals surface area contributed by atoms with Gasteiger partial charge < -0.3 is 9.47 Å². The van der Waals surface area contributed by atoms with Crippen molar-refractivity contribution in [1.29, 1.82) is 0 Å². The molecule has 4 amide bonds. The highest BCUT2D eigenvalue weighted by Gasteiger charge is 2.37. The molecule has 3 rings (SSSR count). The van der Waals surface area contributed by atoms with Crippen LogP contribution in [0.5, 0.6) is 11.5 Å². The van der Waals surface area contributed by atoms with Gasteiger partial charge in [-0.05, 0) is 56.2 Å². The third-order valence-corrected chi connectivity index (χ3v) is 4.59. The molecule has 7 heteroatoms. The van der Waals surface area contributed by atoms with E-state index in [-0.39, 0.29) is 11.7 Å². The summed E-state index contributed by atoms with van der Waals surface area (Å²) in [4.78, 5) is 38.8. The van der Waals surface area contributed by atoms with E-state index in [1.807, 2.05) is 32.9 Å². The number of aryl methyl sites for hydroxylation is 1. The molecule has 30 heavy (non-hydrogen) atoms. The standard InChI is InChI=1S/C23H24N2O5/c1-5-15-6-9-17(10-7-15)25-22(27)19(21(26)24-23(25)28)12-16-8-11-18(29-4)13-20(16)30-14(2)3/h6-14H,5H2,1-4H3,(H,24,26,28)/b19-12+. The number of methoxy groups -OCH3 is 1. The van der Waals surface area contributed by atoms with E-state index in [1.54, 1.807) is 30.3 Å². The molecule has 1 N–H and O–H groups in total. The molecule has 0 atom stereocenters. The van der Waals surface area contributed by atoms with Crippen LogP contribution < -0.4 is 19.7 Å². The molecule has 0 bridgehead atoms. The van der Waals surface area contributed by atoms with Crippen LogP contribution in [0.25, 0.3) is 6.08 Å². The largest absolute Gasteiger partial charge is 0.497 e. The monoisotopic (exact) mass is 408 g/mol. The van der Waals surface area contributed by atoms with Crippen molar-refractivity contribution in [2.24, 2.45) is 0 Å². The predicted octanol–water partition coefficient (Wildman–Crippen LogP) is 3.71. The second-order valence-electron chi connectivity index (χ2n) is 7.05. The Bertz CT molecular complexity index is 1010. The maximum Gasteiger partial charge on any atom is 0.335 e. The van der Waals surface area contributed by atoms with Crippen LogP contribution in [0.3, 0.4) is 0 Å². The fourth-order valence-electron chi connectivity index (χ4n) is 3.05. The number of carbonyl (C=O) groups is 3. The van der Waals surface area contributed by atoms with E-state index in [0.29, 0.717) is 22.7 Å². The molecule has 0 saturated carbocycles. The molecule has 0 aromatic heterocycles.